The summed E-state index contributed by atoms with van der Waals surface area (Å²) < 4.78 is 10.6. The quantitative estimate of drug-likeness (QED) is 0.0984. The van der Waals surface area contributed by atoms with Crippen LogP contribution < -0.4 is 31.2 Å². The molecular formula is C34H37N5O6. The Bertz CT molecular complexity index is 1610. The van der Waals surface area contributed by atoms with Crippen LogP contribution in [0.2, 0.25) is 0 Å². The Morgan fingerprint density at radius 2 is 1.47 bits per heavy atom. The number of para-hydroxylation sites is 1. The SMILES string of the molecule is CC(=O)O.COc1ccc(CC(=O)Nc2ccccc2C(Nc2ccc(C(=N)N)cc2)C(=O)NCc2ccccc2)cc1OC. The number of carbonyl (C=O) groups excluding carboxylic acids is 2. The first-order valence-electron chi connectivity index (χ1n) is 13.9. The molecule has 0 saturated heterocycles. The van der Waals surface area contributed by atoms with Crippen LogP contribution >= 0.6 is 0 Å². The number of hydrogen-bond acceptors (Lipinski definition) is 7. The van der Waals surface area contributed by atoms with Gasteiger partial charge in [0.15, 0.2) is 11.5 Å². The highest BCUT2D eigenvalue weighted by atomic mass is 16.5. The molecule has 1 atom stereocenters. The van der Waals surface area contributed by atoms with Crippen LogP contribution in [0.4, 0.5) is 11.4 Å². The third-order valence-corrected chi connectivity index (χ3v) is 6.44. The number of hydrogen-bond donors (Lipinski definition) is 6. The van der Waals surface area contributed by atoms with Crippen LogP contribution in [0.5, 0.6) is 11.5 Å². The first kappa shape index (κ1) is 33.7. The molecule has 0 spiro atoms. The summed E-state index contributed by atoms with van der Waals surface area (Å²) in [6.07, 6.45) is 0.0967. The number of carboxylic acid groups (broad SMARTS) is 1. The van der Waals surface area contributed by atoms with E-state index in [0.717, 1.165) is 18.1 Å². The number of aliphatic carboxylic acids is 1. The van der Waals surface area contributed by atoms with E-state index in [-0.39, 0.29) is 24.1 Å². The summed E-state index contributed by atoms with van der Waals surface area (Å²) in [5.74, 6) is -0.289. The number of amides is 2. The van der Waals surface area contributed by atoms with E-state index < -0.39 is 12.0 Å². The number of nitrogens with one attached hydrogen (secondary N) is 4. The number of carbonyl (C=O) groups is 3. The standard InChI is InChI=1S/C32H33N5O4.C2H4O2/c1-40-27-17-12-22(18-28(27)41-2)19-29(38)37-26-11-7-6-10-25(26)30(32(39)35-20-21-8-4-3-5-9-21)36-24-15-13-23(14-16-24)31(33)34;1-2(3)4/h3-18,30,36H,19-20H2,1-2H3,(H3,33,34)(H,35,39)(H,37,38);1H3,(H,3,4). The lowest BCUT2D eigenvalue weighted by molar-refractivity contribution is -0.134. The van der Waals surface area contributed by atoms with Crippen molar-refractivity contribution in [1.82, 2.24) is 5.32 Å². The van der Waals surface area contributed by atoms with Gasteiger partial charge in [0.05, 0.1) is 20.6 Å². The summed E-state index contributed by atoms with van der Waals surface area (Å²) >= 11 is 0. The lowest BCUT2D eigenvalue weighted by Gasteiger charge is -2.23. The smallest absolute Gasteiger partial charge is 0.300 e. The largest absolute Gasteiger partial charge is 0.493 e. The summed E-state index contributed by atoms with van der Waals surface area (Å²) in [6.45, 7) is 1.43. The third kappa shape index (κ3) is 10.4. The van der Waals surface area contributed by atoms with Gasteiger partial charge in [-0.1, -0.05) is 54.6 Å². The van der Waals surface area contributed by atoms with Gasteiger partial charge in [-0.15, -0.1) is 0 Å². The number of carboxylic acids is 1. The van der Waals surface area contributed by atoms with Gasteiger partial charge in [-0.05, 0) is 53.6 Å². The van der Waals surface area contributed by atoms with Crippen LogP contribution in [-0.2, 0) is 27.3 Å². The van der Waals surface area contributed by atoms with E-state index in [0.29, 0.717) is 40.5 Å². The number of amidine groups is 1. The summed E-state index contributed by atoms with van der Waals surface area (Å²) in [5, 5.41) is 24.3. The molecule has 0 aliphatic carbocycles. The Hall–Kier alpha value is -5.84. The Kier molecular flexibility index (Phi) is 12.5. The summed E-state index contributed by atoms with van der Waals surface area (Å²) in [4.78, 5) is 35.7. The van der Waals surface area contributed by atoms with Crippen molar-refractivity contribution in [3.05, 3.63) is 119 Å². The average molecular weight is 612 g/mol. The van der Waals surface area contributed by atoms with Crippen molar-refractivity contribution in [1.29, 1.82) is 5.41 Å². The van der Waals surface area contributed by atoms with Crippen molar-refractivity contribution in [2.24, 2.45) is 5.73 Å². The molecule has 7 N–H and O–H groups in total. The molecule has 4 aromatic rings. The van der Waals surface area contributed by atoms with Gasteiger partial charge in [0.2, 0.25) is 11.8 Å². The number of nitrogen functional groups attached to an aromatic ring is 1. The molecule has 0 radical (unpaired) electrons. The maximum absolute atomic E-state index is 13.6. The van der Waals surface area contributed by atoms with E-state index in [2.05, 4.69) is 16.0 Å². The number of benzene rings is 4. The van der Waals surface area contributed by atoms with Crippen molar-refractivity contribution < 1.29 is 29.0 Å². The number of anilines is 2. The van der Waals surface area contributed by atoms with Gasteiger partial charge < -0.3 is 36.3 Å². The molecule has 11 heteroatoms. The fraction of sp³-hybridized carbons (Fsp3) is 0.176. The highest BCUT2D eigenvalue weighted by Crippen LogP contribution is 2.29. The summed E-state index contributed by atoms with van der Waals surface area (Å²) in [6, 6.07) is 28.2. The van der Waals surface area contributed by atoms with Crippen molar-refractivity contribution in [3.63, 3.8) is 0 Å². The van der Waals surface area contributed by atoms with Crippen LogP contribution in [0.3, 0.4) is 0 Å². The van der Waals surface area contributed by atoms with Crippen molar-refractivity contribution >= 4 is 35.0 Å². The van der Waals surface area contributed by atoms with Crippen molar-refractivity contribution in [2.75, 3.05) is 24.9 Å². The highest BCUT2D eigenvalue weighted by molar-refractivity contribution is 5.96. The van der Waals surface area contributed by atoms with Gasteiger partial charge >= 0.3 is 0 Å². The molecule has 0 aromatic heterocycles. The second-order valence-electron chi connectivity index (χ2n) is 9.79. The highest BCUT2D eigenvalue weighted by Gasteiger charge is 2.24. The predicted octanol–water partition coefficient (Wildman–Crippen LogP) is 4.73. The molecule has 234 valence electrons. The molecule has 0 aliphatic heterocycles. The first-order valence-corrected chi connectivity index (χ1v) is 13.9. The van der Waals surface area contributed by atoms with Gasteiger partial charge in [0.1, 0.15) is 11.9 Å². The van der Waals surface area contributed by atoms with E-state index in [9.17, 15) is 9.59 Å². The molecular weight excluding hydrogens is 574 g/mol. The second kappa shape index (κ2) is 16.7. The van der Waals surface area contributed by atoms with Crippen LogP contribution in [0, 0.1) is 5.41 Å². The number of rotatable bonds is 12. The monoisotopic (exact) mass is 611 g/mol. The number of ether oxygens (including phenoxy) is 2. The minimum absolute atomic E-state index is 0.0451. The van der Waals surface area contributed by atoms with E-state index in [4.69, 9.17) is 30.5 Å². The Morgan fingerprint density at radius 1 is 0.844 bits per heavy atom. The van der Waals surface area contributed by atoms with Gasteiger partial charge in [-0.25, -0.2) is 0 Å². The lowest BCUT2D eigenvalue weighted by atomic mass is 10.0. The first-order chi connectivity index (χ1) is 21.6. The van der Waals surface area contributed by atoms with E-state index in [1.165, 1.54) is 0 Å². The molecule has 11 nitrogen and oxygen atoms in total. The molecule has 0 heterocycles. The van der Waals surface area contributed by atoms with Crippen molar-refractivity contribution in [3.8, 4) is 11.5 Å². The van der Waals surface area contributed by atoms with Gasteiger partial charge in [-0.3, -0.25) is 19.8 Å². The molecule has 1 unspecified atom stereocenters. The zero-order valence-electron chi connectivity index (χ0n) is 25.3. The number of nitrogens with two attached hydrogens (primary N) is 1. The summed E-state index contributed by atoms with van der Waals surface area (Å²) in [7, 11) is 3.10. The van der Waals surface area contributed by atoms with E-state index >= 15 is 0 Å². The zero-order valence-corrected chi connectivity index (χ0v) is 25.3. The molecule has 0 aliphatic rings. The average Bonchev–Trinajstić information content (AvgIpc) is 3.03. The maximum Gasteiger partial charge on any atom is 0.300 e. The van der Waals surface area contributed by atoms with Crippen LogP contribution in [0.15, 0.2) is 97.1 Å². The molecule has 0 bridgehead atoms. The van der Waals surface area contributed by atoms with Crippen LogP contribution in [-0.4, -0.2) is 42.9 Å². The van der Waals surface area contributed by atoms with Gasteiger partial charge in [0, 0.05) is 36.0 Å². The zero-order chi connectivity index (χ0) is 32.8. The normalized spacial score (nSPS) is 10.7. The second-order valence-corrected chi connectivity index (χ2v) is 9.79. The molecule has 4 aromatic carbocycles. The number of methoxy groups -OCH3 is 2. The van der Waals surface area contributed by atoms with Gasteiger partial charge in [0.25, 0.3) is 5.97 Å². The van der Waals surface area contributed by atoms with E-state index in [1.54, 1.807) is 74.9 Å². The predicted molar refractivity (Wildman–Crippen MR) is 174 cm³/mol. The summed E-state index contributed by atoms with van der Waals surface area (Å²) in [5.41, 5.74) is 9.63. The van der Waals surface area contributed by atoms with E-state index in [1.807, 2.05) is 36.4 Å². The van der Waals surface area contributed by atoms with Crippen LogP contribution in [0.25, 0.3) is 0 Å². The minimum atomic E-state index is -0.834. The molecule has 0 saturated carbocycles. The topological polar surface area (TPSA) is 176 Å². The molecule has 4 rings (SSSR count). The Morgan fingerprint density at radius 3 is 2.09 bits per heavy atom. The Balaban J connectivity index is 0.00000130. The molecule has 2 amide bonds. The Labute approximate surface area is 261 Å². The molecule has 0 fully saturated rings. The third-order valence-electron chi connectivity index (χ3n) is 6.44. The van der Waals surface area contributed by atoms with Gasteiger partial charge in [-0.2, -0.15) is 0 Å². The fourth-order valence-corrected chi connectivity index (χ4v) is 4.32. The fourth-order valence-electron chi connectivity index (χ4n) is 4.32. The van der Waals surface area contributed by atoms with Crippen LogP contribution in [0.1, 0.15) is 35.2 Å². The minimum Gasteiger partial charge on any atom is -0.493 e. The maximum atomic E-state index is 13.6. The lowest BCUT2D eigenvalue weighted by Crippen LogP contribution is -2.34. The van der Waals surface area contributed by atoms with Crippen molar-refractivity contribution in [2.45, 2.75) is 25.9 Å². The molecule has 45 heavy (non-hydrogen) atoms.